The van der Waals surface area contributed by atoms with E-state index in [0.717, 1.165) is 0 Å². The molecule has 0 heterocycles. The standard InChI is InChI=1S/C13H13FN2O2S/c14-11-3-1-2-9(7-11)6-10-4-5-12(15)8-13(10)19(16,17)18/h1-5,7-8H,6,15H2,(H2,16,17,18). The van der Waals surface area contributed by atoms with Crippen molar-refractivity contribution in [3.05, 3.63) is 59.4 Å². The normalized spacial score (nSPS) is 11.5. The number of benzene rings is 2. The molecule has 4 N–H and O–H groups in total. The average molecular weight is 280 g/mol. The molecule has 19 heavy (non-hydrogen) atoms. The Morgan fingerprint density at radius 1 is 1.11 bits per heavy atom. The van der Waals surface area contributed by atoms with Gasteiger partial charge in [0.05, 0.1) is 4.90 Å². The van der Waals surface area contributed by atoms with Crippen molar-refractivity contribution in [2.24, 2.45) is 5.14 Å². The van der Waals surface area contributed by atoms with Gasteiger partial charge in [-0.05, 0) is 41.8 Å². The van der Waals surface area contributed by atoms with E-state index < -0.39 is 10.0 Å². The third kappa shape index (κ3) is 3.30. The van der Waals surface area contributed by atoms with E-state index in [9.17, 15) is 12.8 Å². The highest BCUT2D eigenvalue weighted by atomic mass is 32.2. The van der Waals surface area contributed by atoms with Gasteiger partial charge >= 0.3 is 0 Å². The van der Waals surface area contributed by atoms with Crippen LogP contribution >= 0.6 is 0 Å². The summed E-state index contributed by atoms with van der Waals surface area (Å²) in [5.41, 5.74) is 7.02. The number of sulfonamides is 1. The molecule has 0 aliphatic rings. The summed E-state index contributed by atoms with van der Waals surface area (Å²) in [5.74, 6) is -0.370. The molecule has 0 bridgehead atoms. The molecular weight excluding hydrogens is 267 g/mol. The van der Waals surface area contributed by atoms with Crippen molar-refractivity contribution in [1.29, 1.82) is 0 Å². The lowest BCUT2D eigenvalue weighted by Gasteiger charge is -2.09. The fourth-order valence-electron chi connectivity index (χ4n) is 1.85. The van der Waals surface area contributed by atoms with Gasteiger partial charge in [0.25, 0.3) is 0 Å². The molecule has 0 aliphatic heterocycles. The molecule has 0 aromatic heterocycles. The minimum absolute atomic E-state index is 0.0308. The molecule has 0 aliphatic carbocycles. The summed E-state index contributed by atoms with van der Waals surface area (Å²) in [5, 5.41) is 5.15. The van der Waals surface area contributed by atoms with E-state index in [2.05, 4.69) is 0 Å². The quantitative estimate of drug-likeness (QED) is 0.838. The van der Waals surface area contributed by atoms with Crippen molar-refractivity contribution < 1.29 is 12.8 Å². The Kier molecular flexibility index (Phi) is 3.55. The molecule has 0 unspecified atom stereocenters. The Bertz CT molecular complexity index is 714. The first kappa shape index (κ1) is 13.5. The number of halogens is 1. The van der Waals surface area contributed by atoms with E-state index >= 15 is 0 Å². The molecular formula is C13H13FN2O2S. The van der Waals surface area contributed by atoms with Crippen LogP contribution in [-0.4, -0.2) is 8.42 Å². The zero-order valence-corrected chi connectivity index (χ0v) is 10.8. The van der Waals surface area contributed by atoms with Crippen molar-refractivity contribution in [1.82, 2.24) is 0 Å². The third-order valence-electron chi connectivity index (χ3n) is 2.68. The van der Waals surface area contributed by atoms with Crippen molar-refractivity contribution in [3.63, 3.8) is 0 Å². The van der Waals surface area contributed by atoms with Crippen LogP contribution in [0.25, 0.3) is 0 Å². The Morgan fingerprint density at radius 2 is 1.84 bits per heavy atom. The first-order chi connectivity index (χ1) is 8.86. The summed E-state index contributed by atoms with van der Waals surface area (Å²) in [6.45, 7) is 0. The van der Waals surface area contributed by atoms with Crippen LogP contribution in [-0.2, 0) is 16.4 Å². The summed E-state index contributed by atoms with van der Waals surface area (Å²) in [6.07, 6.45) is 0.268. The number of nitrogen functional groups attached to an aromatic ring is 1. The summed E-state index contributed by atoms with van der Waals surface area (Å²) in [6, 6.07) is 10.4. The summed E-state index contributed by atoms with van der Waals surface area (Å²) in [7, 11) is -3.86. The van der Waals surface area contributed by atoms with Crippen LogP contribution < -0.4 is 10.9 Å². The van der Waals surface area contributed by atoms with Crippen LogP contribution in [0, 0.1) is 5.82 Å². The maximum atomic E-state index is 13.1. The van der Waals surface area contributed by atoms with Gasteiger partial charge in [0.15, 0.2) is 0 Å². The van der Waals surface area contributed by atoms with E-state index in [1.807, 2.05) is 0 Å². The van der Waals surface area contributed by atoms with Gasteiger partial charge in [0.1, 0.15) is 5.82 Å². The monoisotopic (exact) mass is 280 g/mol. The Hall–Kier alpha value is -1.92. The maximum Gasteiger partial charge on any atom is 0.238 e. The summed E-state index contributed by atoms with van der Waals surface area (Å²) < 4.78 is 36.1. The summed E-state index contributed by atoms with van der Waals surface area (Å²) in [4.78, 5) is -0.0308. The highest BCUT2D eigenvalue weighted by Crippen LogP contribution is 2.21. The molecule has 0 spiro atoms. The smallest absolute Gasteiger partial charge is 0.238 e. The molecule has 100 valence electrons. The van der Waals surface area contributed by atoms with Gasteiger partial charge in [-0.25, -0.2) is 17.9 Å². The fraction of sp³-hybridized carbons (Fsp3) is 0.0769. The van der Waals surface area contributed by atoms with Gasteiger partial charge in [-0.3, -0.25) is 0 Å². The predicted molar refractivity (Wildman–Crippen MR) is 71.4 cm³/mol. The highest BCUT2D eigenvalue weighted by molar-refractivity contribution is 7.89. The van der Waals surface area contributed by atoms with Crippen molar-refractivity contribution in [2.45, 2.75) is 11.3 Å². The number of anilines is 1. The van der Waals surface area contributed by atoms with E-state index in [4.69, 9.17) is 10.9 Å². The molecule has 0 saturated heterocycles. The van der Waals surface area contributed by atoms with Crippen molar-refractivity contribution in [2.75, 3.05) is 5.73 Å². The molecule has 0 atom stereocenters. The Balaban J connectivity index is 2.46. The lowest BCUT2D eigenvalue weighted by Crippen LogP contribution is -2.15. The van der Waals surface area contributed by atoms with Crippen LogP contribution in [0.1, 0.15) is 11.1 Å². The van der Waals surface area contributed by atoms with E-state index in [-0.39, 0.29) is 17.1 Å². The number of hydrogen-bond donors (Lipinski definition) is 2. The lowest BCUT2D eigenvalue weighted by atomic mass is 10.0. The van der Waals surface area contributed by atoms with Crippen molar-refractivity contribution >= 4 is 15.7 Å². The molecule has 2 rings (SSSR count). The van der Waals surface area contributed by atoms with Gasteiger partial charge in [0, 0.05) is 5.69 Å². The zero-order chi connectivity index (χ0) is 14.0. The second-order valence-corrected chi connectivity index (χ2v) is 5.75. The second kappa shape index (κ2) is 4.99. The SMILES string of the molecule is Nc1ccc(Cc2cccc(F)c2)c(S(N)(=O)=O)c1. The molecule has 4 nitrogen and oxygen atoms in total. The van der Waals surface area contributed by atoms with Crippen LogP contribution in [0.15, 0.2) is 47.4 Å². The van der Waals surface area contributed by atoms with Crippen LogP contribution in [0.2, 0.25) is 0 Å². The first-order valence-electron chi connectivity index (χ1n) is 5.52. The second-order valence-electron chi connectivity index (χ2n) is 4.22. The first-order valence-corrected chi connectivity index (χ1v) is 7.06. The topological polar surface area (TPSA) is 86.2 Å². The number of rotatable bonds is 3. The van der Waals surface area contributed by atoms with E-state index in [1.54, 1.807) is 24.3 Å². The largest absolute Gasteiger partial charge is 0.399 e. The maximum absolute atomic E-state index is 13.1. The minimum atomic E-state index is -3.86. The van der Waals surface area contributed by atoms with Crippen LogP contribution in [0.5, 0.6) is 0 Å². The van der Waals surface area contributed by atoms with Crippen molar-refractivity contribution in [3.8, 4) is 0 Å². The van der Waals surface area contributed by atoms with Gasteiger partial charge in [-0.1, -0.05) is 18.2 Å². The van der Waals surface area contributed by atoms with E-state index in [1.165, 1.54) is 18.2 Å². The average Bonchev–Trinajstić information content (AvgIpc) is 2.30. The number of hydrogen-bond acceptors (Lipinski definition) is 3. The molecule has 0 amide bonds. The lowest BCUT2D eigenvalue weighted by molar-refractivity contribution is 0.597. The number of nitrogens with two attached hydrogens (primary N) is 2. The zero-order valence-electron chi connectivity index (χ0n) is 10.0. The third-order valence-corrected chi connectivity index (χ3v) is 3.67. The molecule has 0 fully saturated rings. The van der Waals surface area contributed by atoms with E-state index in [0.29, 0.717) is 16.8 Å². The van der Waals surface area contributed by atoms with Gasteiger partial charge in [0.2, 0.25) is 10.0 Å². The fourth-order valence-corrected chi connectivity index (χ4v) is 2.65. The van der Waals surface area contributed by atoms with Gasteiger partial charge in [-0.2, -0.15) is 0 Å². The molecule has 0 saturated carbocycles. The molecule has 0 radical (unpaired) electrons. The molecule has 6 heteroatoms. The van der Waals surface area contributed by atoms with Gasteiger partial charge in [-0.15, -0.1) is 0 Å². The summed E-state index contributed by atoms with van der Waals surface area (Å²) >= 11 is 0. The predicted octanol–water partition coefficient (Wildman–Crippen LogP) is 1.65. The molecule has 2 aromatic rings. The highest BCUT2D eigenvalue weighted by Gasteiger charge is 2.14. The molecule has 2 aromatic carbocycles. The van der Waals surface area contributed by atoms with Gasteiger partial charge < -0.3 is 5.73 Å². The Labute approximate surface area is 110 Å². The van der Waals surface area contributed by atoms with Crippen LogP contribution in [0.4, 0.5) is 10.1 Å². The Morgan fingerprint density at radius 3 is 2.47 bits per heavy atom. The number of primary sulfonamides is 1. The minimum Gasteiger partial charge on any atom is -0.399 e. The van der Waals surface area contributed by atoms with Crippen LogP contribution in [0.3, 0.4) is 0 Å².